The van der Waals surface area contributed by atoms with Gasteiger partial charge in [-0.25, -0.2) is 10.0 Å². The summed E-state index contributed by atoms with van der Waals surface area (Å²) in [6, 6.07) is 0. The number of rotatable bonds is 9. The summed E-state index contributed by atoms with van der Waals surface area (Å²) >= 11 is 0. The SMILES string of the molecule is CS(C)(C)CCCC(O)CCCCN1CCNCC1. The Kier molecular flexibility index (Phi) is 8.38. The van der Waals surface area contributed by atoms with Crippen molar-refractivity contribution in [3.8, 4) is 0 Å². The zero-order valence-electron chi connectivity index (χ0n) is 13.2. The molecule has 3 nitrogen and oxygen atoms in total. The molecule has 4 heteroatoms. The number of nitrogens with one attached hydrogen (secondary N) is 1. The third-order valence-corrected chi connectivity index (χ3v) is 5.28. The molecule has 0 spiro atoms. The summed E-state index contributed by atoms with van der Waals surface area (Å²) < 4.78 is 0. The minimum absolute atomic E-state index is 0.0650. The second-order valence-corrected chi connectivity index (χ2v) is 11.3. The number of aliphatic hydroxyl groups excluding tert-OH is 1. The highest BCUT2D eigenvalue weighted by Gasteiger charge is 2.10. The van der Waals surface area contributed by atoms with E-state index in [9.17, 15) is 5.11 Å². The molecule has 0 aliphatic carbocycles. The molecule has 0 saturated carbocycles. The average molecular weight is 291 g/mol. The number of unbranched alkanes of at least 4 members (excludes halogenated alkanes) is 1. The van der Waals surface area contributed by atoms with Crippen LogP contribution in [-0.4, -0.2) is 73.4 Å². The second-order valence-electron chi connectivity index (χ2n) is 6.68. The van der Waals surface area contributed by atoms with Gasteiger partial charge in [-0.05, 0) is 63.2 Å². The molecule has 1 heterocycles. The van der Waals surface area contributed by atoms with Crippen LogP contribution in [0, 0.1) is 0 Å². The van der Waals surface area contributed by atoms with Crippen molar-refractivity contribution in [2.45, 2.75) is 38.2 Å². The molecular formula is C15H34N2OS. The Labute approximate surface area is 121 Å². The molecule has 0 aromatic carbocycles. The normalized spacial score (nSPS) is 20.4. The van der Waals surface area contributed by atoms with Crippen molar-refractivity contribution in [2.75, 3.05) is 57.2 Å². The number of hydrogen-bond acceptors (Lipinski definition) is 3. The summed E-state index contributed by atoms with van der Waals surface area (Å²) in [5.41, 5.74) is 0. The van der Waals surface area contributed by atoms with Gasteiger partial charge in [-0.2, -0.15) is 0 Å². The first-order chi connectivity index (χ1) is 8.97. The van der Waals surface area contributed by atoms with Crippen molar-refractivity contribution in [3.63, 3.8) is 0 Å². The van der Waals surface area contributed by atoms with Gasteiger partial charge in [0, 0.05) is 26.2 Å². The third-order valence-electron chi connectivity index (χ3n) is 3.77. The Morgan fingerprint density at radius 3 is 2.32 bits per heavy atom. The molecule has 1 aliphatic heterocycles. The number of hydrogen-bond donors (Lipinski definition) is 2. The predicted octanol–water partition coefficient (Wildman–Crippen LogP) is 1.90. The van der Waals surface area contributed by atoms with E-state index in [4.69, 9.17) is 0 Å². The lowest BCUT2D eigenvalue weighted by Crippen LogP contribution is -2.43. The van der Waals surface area contributed by atoms with Gasteiger partial charge in [-0.1, -0.05) is 0 Å². The van der Waals surface area contributed by atoms with Crippen LogP contribution in [0.1, 0.15) is 32.1 Å². The van der Waals surface area contributed by atoms with Crippen molar-refractivity contribution in [1.29, 1.82) is 0 Å². The van der Waals surface area contributed by atoms with Gasteiger partial charge in [-0.15, -0.1) is 0 Å². The summed E-state index contributed by atoms with van der Waals surface area (Å²) in [7, 11) is -0.383. The van der Waals surface area contributed by atoms with Gasteiger partial charge in [0.1, 0.15) is 0 Å². The molecule has 0 aromatic rings. The van der Waals surface area contributed by atoms with Gasteiger partial charge in [0.2, 0.25) is 0 Å². The van der Waals surface area contributed by atoms with Crippen LogP contribution < -0.4 is 5.32 Å². The van der Waals surface area contributed by atoms with Crippen molar-refractivity contribution < 1.29 is 5.11 Å². The van der Waals surface area contributed by atoms with E-state index in [0.29, 0.717) is 0 Å². The minimum atomic E-state index is -0.383. The summed E-state index contributed by atoms with van der Waals surface area (Å²) in [5.74, 6) is 1.30. The molecule has 1 rings (SSSR count). The average Bonchev–Trinajstić information content (AvgIpc) is 2.34. The molecule has 19 heavy (non-hydrogen) atoms. The highest BCUT2D eigenvalue weighted by molar-refractivity contribution is 8.32. The molecule has 116 valence electrons. The molecular weight excluding hydrogens is 256 g/mol. The van der Waals surface area contributed by atoms with Gasteiger partial charge in [-0.3, -0.25) is 0 Å². The van der Waals surface area contributed by atoms with Crippen LogP contribution >= 0.6 is 10.0 Å². The Morgan fingerprint density at radius 2 is 1.68 bits per heavy atom. The molecule has 1 atom stereocenters. The number of aliphatic hydroxyl groups is 1. The highest BCUT2D eigenvalue weighted by Crippen LogP contribution is 2.35. The maximum atomic E-state index is 9.97. The fourth-order valence-electron chi connectivity index (χ4n) is 2.55. The molecule has 1 fully saturated rings. The Balaban J connectivity index is 1.93. The molecule has 0 bridgehead atoms. The lowest BCUT2D eigenvalue weighted by atomic mass is 10.1. The number of piperazine rings is 1. The van der Waals surface area contributed by atoms with Gasteiger partial charge in [0.05, 0.1) is 6.10 Å². The van der Waals surface area contributed by atoms with Crippen LogP contribution in [0.4, 0.5) is 0 Å². The van der Waals surface area contributed by atoms with E-state index in [1.165, 1.54) is 44.6 Å². The van der Waals surface area contributed by atoms with Crippen molar-refractivity contribution in [1.82, 2.24) is 10.2 Å². The van der Waals surface area contributed by atoms with Crippen LogP contribution in [0.25, 0.3) is 0 Å². The first kappa shape index (κ1) is 17.3. The predicted molar refractivity (Wildman–Crippen MR) is 88.6 cm³/mol. The molecule has 0 aromatic heterocycles. The first-order valence-corrected chi connectivity index (χ1v) is 10.8. The largest absolute Gasteiger partial charge is 0.393 e. The molecule has 1 aliphatic rings. The molecule has 0 amide bonds. The maximum absolute atomic E-state index is 9.97. The van der Waals surface area contributed by atoms with Crippen LogP contribution in [-0.2, 0) is 0 Å². The van der Waals surface area contributed by atoms with Crippen LogP contribution in [0.15, 0.2) is 0 Å². The van der Waals surface area contributed by atoms with Crippen LogP contribution in [0.2, 0.25) is 0 Å². The van der Waals surface area contributed by atoms with Gasteiger partial charge >= 0.3 is 0 Å². The number of nitrogens with zero attached hydrogens (tertiary/aromatic N) is 1. The van der Waals surface area contributed by atoms with Gasteiger partial charge in [0.25, 0.3) is 0 Å². The summed E-state index contributed by atoms with van der Waals surface area (Å²) in [6.07, 6.45) is 12.6. The zero-order chi connectivity index (χ0) is 14.1. The quantitative estimate of drug-likeness (QED) is 0.637. The van der Waals surface area contributed by atoms with E-state index in [1.54, 1.807) is 0 Å². The topological polar surface area (TPSA) is 35.5 Å². The monoisotopic (exact) mass is 290 g/mol. The molecule has 2 N–H and O–H groups in total. The molecule has 1 saturated heterocycles. The van der Waals surface area contributed by atoms with Crippen molar-refractivity contribution in [3.05, 3.63) is 0 Å². The van der Waals surface area contributed by atoms with Crippen molar-refractivity contribution >= 4 is 10.0 Å². The summed E-state index contributed by atoms with van der Waals surface area (Å²) in [6.45, 7) is 5.86. The van der Waals surface area contributed by atoms with Crippen LogP contribution in [0.5, 0.6) is 0 Å². The minimum Gasteiger partial charge on any atom is -0.393 e. The summed E-state index contributed by atoms with van der Waals surface area (Å²) in [4.78, 5) is 2.53. The Bertz CT molecular complexity index is 225. The standard InChI is InChI=1S/C15H34N2OS/c1-19(2,3)14-6-8-15(18)7-4-5-11-17-12-9-16-10-13-17/h15-16,18H,4-14H2,1-3H3. The second kappa shape index (κ2) is 9.22. The van der Waals surface area contributed by atoms with Crippen molar-refractivity contribution in [2.24, 2.45) is 0 Å². The Morgan fingerprint density at radius 1 is 1.05 bits per heavy atom. The third kappa shape index (κ3) is 9.72. The molecule has 1 unspecified atom stereocenters. The van der Waals surface area contributed by atoms with E-state index in [1.807, 2.05) is 0 Å². The first-order valence-electron chi connectivity index (χ1n) is 7.74. The lowest BCUT2D eigenvalue weighted by Gasteiger charge is -2.27. The van der Waals surface area contributed by atoms with E-state index in [0.717, 1.165) is 25.9 Å². The highest BCUT2D eigenvalue weighted by atomic mass is 32.3. The van der Waals surface area contributed by atoms with E-state index < -0.39 is 0 Å². The van der Waals surface area contributed by atoms with Crippen LogP contribution in [0.3, 0.4) is 0 Å². The van der Waals surface area contributed by atoms with Gasteiger partial charge in [0.15, 0.2) is 0 Å². The smallest absolute Gasteiger partial charge is 0.0540 e. The fourth-order valence-corrected chi connectivity index (χ4v) is 3.58. The van der Waals surface area contributed by atoms with Gasteiger partial charge < -0.3 is 15.3 Å². The molecule has 0 radical (unpaired) electrons. The van der Waals surface area contributed by atoms with E-state index in [-0.39, 0.29) is 16.1 Å². The fraction of sp³-hybridized carbons (Fsp3) is 1.00. The maximum Gasteiger partial charge on any atom is 0.0540 e. The zero-order valence-corrected chi connectivity index (χ0v) is 14.0. The van der Waals surface area contributed by atoms with E-state index in [2.05, 4.69) is 29.0 Å². The summed E-state index contributed by atoms with van der Waals surface area (Å²) in [5, 5.41) is 13.3. The Hall–Kier alpha value is 0.230. The lowest BCUT2D eigenvalue weighted by molar-refractivity contribution is 0.147. The van der Waals surface area contributed by atoms with E-state index >= 15 is 0 Å².